The fourth-order valence-electron chi connectivity index (χ4n) is 4.50. The van der Waals surface area contributed by atoms with Gasteiger partial charge in [0, 0.05) is 25.3 Å². The number of carbonyl (C=O) groups excluding carboxylic acids is 3. The van der Waals surface area contributed by atoms with E-state index in [0.29, 0.717) is 49.6 Å². The van der Waals surface area contributed by atoms with Gasteiger partial charge in [-0.1, -0.05) is 0 Å². The molecule has 226 valence electrons. The lowest BCUT2D eigenvalue weighted by Crippen LogP contribution is -2.40. The van der Waals surface area contributed by atoms with Crippen LogP contribution in [0.15, 0.2) is 30.5 Å². The van der Waals surface area contributed by atoms with E-state index in [0.717, 1.165) is 29.0 Å². The summed E-state index contributed by atoms with van der Waals surface area (Å²) in [5.74, 6) is 2.14. The molecule has 0 saturated heterocycles. The third-order valence-electron chi connectivity index (χ3n) is 6.14. The zero-order valence-electron chi connectivity index (χ0n) is 24.5. The summed E-state index contributed by atoms with van der Waals surface area (Å²) in [7, 11) is 0. The van der Waals surface area contributed by atoms with Crippen LogP contribution < -0.4 is 30.4 Å². The Morgan fingerprint density at radius 3 is 2.62 bits per heavy atom. The Kier molecular flexibility index (Phi) is 10.7. The molecule has 0 atom stereocenters. The number of aryl methyl sites for hydroxylation is 2. The van der Waals surface area contributed by atoms with Gasteiger partial charge in [0.2, 0.25) is 6.41 Å². The quantitative estimate of drug-likeness (QED) is 0.134. The molecule has 0 bridgehead atoms. The maximum absolute atomic E-state index is 12.2. The second-order valence-corrected chi connectivity index (χ2v) is 10.2. The molecule has 0 saturated carbocycles. The van der Waals surface area contributed by atoms with Crippen LogP contribution in [0.5, 0.6) is 5.75 Å². The largest absolute Gasteiger partial charge is 0.554 e. The number of aromatic amines is 1. The molecule has 0 spiro atoms. The molecule has 0 fully saturated rings. The Balaban J connectivity index is 0.00000155. The summed E-state index contributed by atoms with van der Waals surface area (Å²) in [4.78, 5) is 45.6. The number of ether oxygens (including phenoxy) is 2. The molecule has 3 aromatic heterocycles. The maximum Gasteiger partial charge on any atom is 0.407 e. The van der Waals surface area contributed by atoms with E-state index in [9.17, 15) is 9.59 Å². The fraction of sp³-hybridized carbons (Fsp3) is 0.429. The molecule has 14 heteroatoms. The number of alkyl carbamates (subject to hydrolysis) is 1. The molecule has 0 aliphatic heterocycles. The first-order valence-corrected chi connectivity index (χ1v) is 13.6. The van der Waals surface area contributed by atoms with Crippen molar-refractivity contribution in [2.45, 2.75) is 66.3 Å². The lowest BCUT2D eigenvalue weighted by Gasteiger charge is -2.19. The fourth-order valence-corrected chi connectivity index (χ4v) is 4.50. The zero-order valence-corrected chi connectivity index (χ0v) is 24.5. The number of hydrogen-bond acceptors (Lipinski definition) is 9. The number of imidazole rings is 1. The second-order valence-electron chi connectivity index (χ2n) is 10.2. The second kappa shape index (κ2) is 14.1. The van der Waals surface area contributed by atoms with Crippen molar-refractivity contribution < 1.29 is 33.5 Å². The molecule has 4 rings (SSSR count). The molecule has 0 aliphatic carbocycles. The van der Waals surface area contributed by atoms with Crippen molar-refractivity contribution in [1.82, 2.24) is 24.8 Å². The number of fused-ring (bicyclic) bond motifs is 2. The monoisotopic (exact) mass is 582 g/mol. The van der Waals surface area contributed by atoms with Gasteiger partial charge in [-0.25, -0.2) is 23.9 Å². The smallest absolute Gasteiger partial charge is 0.407 e. The molecule has 1 aromatic carbocycles. The molecule has 4 N–H and O–H groups in total. The lowest BCUT2D eigenvalue weighted by atomic mass is 10.2. The summed E-state index contributed by atoms with van der Waals surface area (Å²) in [6, 6.07) is 7.74. The van der Waals surface area contributed by atoms with Gasteiger partial charge in [0.1, 0.15) is 23.4 Å². The minimum Gasteiger partial charge on any atom is -0.554 e. The minimum absolute atomic E-state index is 0.177. The molecular formula is C28H38N8O6. The van der Waals surface area contributed by atoms with Gasteiger partial charge in [-0.3, -0.25) is 9.69 Å². The molecule has 0 aliphatic rings. The van der Waals surface area contributed by atoms with E-state index < -0.39 is 18.2 Å². The minimum atomic E-state index is -0.531. The summed E-state index contributed by atoms with van der Waals surface area (Å²) in [5, 5.41) is 11.0. The number of hydrogen-bond donors (Lipinski definition) is 3. The Morgan fingerprint density at radius 1 is 1.24 bits per heavy atom. The van der Waals surface area contributed by atoms with Gasteiger partial charge in [-0.2, -0.15) is 0 Å². The van der Waals surface area contributed by atoms with E-state index in [2.05, 4.69) is 43.3 Å². The highest BCUT2D eigenvalue weighted by molar-refractivity contribution is 5.84. The van der Waals surface area contributed by atoms with Crippen LogP contribution >= 0.6 is 0 Å². The topological polar surface area (TPSA) is 184 Å². The average Bonchev–Trinajstić information content (AvgIpc) is 3.51. The number of anilines is 2. The van der Waals surface area contributed by atoms with E-state index in [1.165, 1.54) is 4.90 Å². The predicted molar refractivity (Wildman–Crippen MR) is 154 cm³/mol. The number of H-pyrrole nitrogens is 1. The van der Waals surface area contributed by atoms with Gasteiger partial charge in [0.05, 0.1) is 19.7 Å². The Morgan fingerprint density at radius 2 is 1.98 bits per heavy atom. The number of nitrogen functional groups attached to an aromatic ring is 1. The van der Waals surface area contributed by atoms with Crippen LogP contribution in [0.2, 0.25) is 0 Å². The van der Waals surface area contributed by atoms with Crippen LogP contribution in [-0.2, 0) is 34.0 Å². The molecule has 0 radical (unpaired) electrons. The van der Waals surface area contributed by atoms with Crippen molar-refractivity contribution in [3.8, 4) is 5.75 Å². The Hall–Kier alpha value is -4.88. The van der Waals surface area contributed by atoms with Crippen LogP contribution in [0.3, 0.4) is 0 Å². The van der Waals surface area contributed by atoms with E-state index in [1.807, 2.05) is 39.0 Å². The molecular weight excluding hydrogens is 544 g/mol. The standard InChI is InChI=1S/C27H36N8O4.CH2O2/c1-6-34-20-10-9-18(38-14-8-12-30-26(37)39-27(3,4)5)15-21(20)35(7-2)22(34)16-33(17-36)25-23(28)32-24-19(31-25)11-13-29-24;2-1-3/h9-11,13,15,17H,6-8,12,14,16H2,1-5H3,(H3-,28,29,30,31,32,37);1H,(H,2,3). The summed E-state index contributed by atoms with van der Waals surface area (Å²) in [6.07, 6.45) is 2.66. The molecule has 4 aromatic rings. The van der Waals surface area contributed by atoms with Crippen molar-refractivity contribution in [3.63, 3.8) is 0 Å². The van der Waals surface area contributed by atoms with E-state index in [4.69, 9.17) is 25.1 Å². The first-order chi connectivity index (χ1) is 20.1. The Bertz CT molecular complexity index is 1520. The number of carbonyl (C=O) groups is 3. The predicted octanol–water partition coefficient (Wildman–Crippen LogP) is 1.64. The highest BCUT2D eigenvalue weighted by atomic mass is 16.6. The summed E-state index contributed by atoms with van der Waals surface area (Å²) >= 11 is 0. The highest BCUT2D eigenvalue weighted by Crippen LogP contribution is 2.25. The van der Waals surface area contributed by atoms with Gasteiger partial charge in [-0.15, -0.1) is 0 Å². The number of benzene rings is 1. The highest BCUT2D eigenvalue weighted by Gasteiger charge is 2.27. The van der Waals surface area contributed by atoms with E-state index in [1.54, 1.807) is 12.3 Å². The number of nitrogens with zero attached hydrogens (tertiary/aromatic N) is 5. The maximum atomic E-state index is 12.2. The van der Waals surface area contributed by atoms with Gasteiger partial charge < -0.3 is 35.4 Å². The van der Waals surface area contributed by atoms with Crippen LogP contribution in [-0.4, -0.2) is 57.2 Å². The van der Waals surface area contributed by atoms with Crippen LogP contribution in [0.1, 0.15) is 46.9 Å². The van der Waals surface area contributed by atoms with Crippen molar-refractivity contribution in [2.24, 2.45) is 0 Å². The molecule has 0 unspecified atom stereocenters. The molecule has 3 heterocycles. The van der Waals surface area contributed by atoms with Gasteiger partial charge in [-0.05, 0) is 59.2 Å². The number of nitrogens with one attached hydrogen (secondary N) is 2. The molecule has 2 amide bonds. The lowest BCUT2D eigenvalue weighted by molar-refractivity contribution is -0.676. The Labute approximate surface area is 243 Å². The first kappa shape index (κ1) is 31.6. The zero-order chi connectivity index (χ0) is 30.9. The normalized spacial score (nSPS) is 11.1. The van der Waals surface area contributed by atoms with Crippen LogP contribution in [0.25, 0.3) is 22.2 Å². The third kappa shape index (κ3) is 7.65. The van der Waals surface area contributed by atoms with E-state index >= 15 is 0 Å². The number of rotatable bonds is 11. The van der Waals surface area contributed by atoms with Crippen molar-refractivity contribution >= 4 is 52.8 Å². The van der Waals surface area contributed by atoms with Gasteiger partial charge >= 0.3 is 6.09 Å². The van der Waals surface area contributed by atoms with E-state index in [-0.39, 0.29) is 12.4 Å². The van der Waals surface area contributed by atoms with Crippen LogP contribution in [0.4, 0.5) is 16.4 Å². The number of nitrogens with two attached hydrogens (primary N) is 1. The van der Waals surface area contributed by atoms with Gasteiger partial charge in [0.25, 0.3) is 5.82 Å². The first-order valence-electron chi connectivity index (χ1n) is 13.6. The summed E-state index contributed by atoms with van der Waals surface area (Å²) < 4.78 is 15.6. The summed E-state index contributed by atoms with van der Waals surface area (Å²) in [6.45, 7) is 11.7. The average molecular weight is 583 g/mol. The van der Waals surface area contributed by atoms with Crippen molar-refractivity contribution in [1.29, 1.82) is 0 Å². The number of amides is 2. The van der Waals surface area contributed by atoms with Crippen molar-refractivity contribution in [3.05, 3.63) is 36.3 Å². The van der Waals surface area contributed by atoms with Crippen molar-refractivity contribution in [2.75, 3.05) is 23.8 Å². The number of carboxylic acid groups (broad SMARTS) is 1. The third-order valence-corrected chi connectivity index (χ3v) is 6.14. The molecule has 42 heavy (non-hydrogen) atoms. The van der Waals surface area contributed by atoms with Crippen LogP contribution in [0, 0.1) is 0 Å². The summed E-state index contributed by atoms with van der Waals surface area (Å²) in [5.41, 5.74) is 8.86. The SMILES string of the molecule is CCn1c(CN(C=O)c2nc3cc[nH]c3nc2N)[n+](CC)c2ccc(OCCCNC(=O)OC(C)(C)C)cc21.O=C[O-]. The molecule has 14 nitrogen and oxygen atoms in total. The van der Waals surface area contributed by atoms with Gasteiger partial charge in [0.15, 0.2) is 28.3 Å². The number of aromatic nitrogens is 5.